The first-order valence-electron chi connectivity index (χ1n) is 12.2. The number of carbonyl (C=O) groups excluding carboxylic acids is 2. The van der Waals surface area contributed by atoms with Gasteiger partial charge in [0.1, 0.15) is 5.75 Å². The van der Waals surface area contributed by atoms with Gasteiger partial charge in [-0.05, 0) is 49.2 Å². The van der Waals surface area contributed by atoms with Crippen LogP contribution in [0, 0.1) is 0 Å². The first-order valence-corrected chi connectivity index (χ1v) is 15.4. The Morgan fingerprint density at radius 2 is 1.71 bits per heavy atom. The number of amides is 2. The third-order valence-electron chi connectivity index (χ3n) is 5.88. The van der Waals surface area contributed by atoms with E-state index in [-0.39, 0.29) is 17.2 Å². The molecule has 0 unspecified atom stereocenters. The monoisotopic (exact) mass is 575 g/mol. The molecule has 1 aliphatic heterocycles. The van der Waals surface area contributed by atoms with Gasteiger partial charge >= 0.3 is 0 Å². The Labute approximate surface area is 230 Å². The summed E-state index contributed by atoms with van der Waals surface area (Å²) in [5, 5.41) is 13.9. The zero-order valence-corrected chi connectivity index (χ0v) is 23.3. The number of thioether (sulfide) groups is 1. The number of benzene rings is 2. The van der Waals surface area contributed by atoms with Crippen molar-refractivity contribution in [2.75, 3.05) is 36.6 Å². The van der Waals surface area contributed by atoms with Crippen molar-refractivity contribution in [3.05, 3.63) is 54.1 Å². The number of carbonyl (C=O) groups is 2. The van der Waals surface area contributed by atoms with E-state index in [0.29, 0.717) is 45.3 Å². The molecule has 1 aliphatic rings. The summed E-state index contributed by atoms with van der Waals surface area (Å²) in [6.45, 7) is 1.04. The average Bonchev–Trinajstić information content (AvgIpc) is 3.17. The molecule has 13 heteroatoms. The van der Waals surface area contributed by atoms with Crippen molar-refractivity contribution in [3.63, 3.8) is 0 Å². The molecule has 2 aromatic carbocycles. The number of nitrogens with one attached hydrogen (secondary N) is 2. The van der Waals surface area contributed by atoms with Crippen LogP contribution in [0.25, 0.3) is 0 Å². The van der Waals surface area contributed by atoms with Crippen molar-refractivity contribution in [1.29, 1.82) is 0 Å². The van der Waals surface area contributed by atoms with Gasteiger partial charge in [0.2, 0.25) is 21.1 Å². The molecule has 0 spiro atoms. The third kappa shape index (κ3) is 7.31. The van der Waals surface area contributed by atoms with Gasteiger partial charge in [-0.2, -0.15) is 4.31 Å². The lowest BCUT2D eigenvalue weighted by atomic mass is 10.2. The van der Waals surface area contributed by atoms with Gasteiger partial charge < -0.3 is 10.1 Å². The fraction of sp³-hybridized carbons (Fsp3) is 0.360. The summed E-state index contributed by atoms with van der Waals surface area (Å²) in [5.41, 5.74) is 0.927. The molecule has 1 fully saturated rings. The molecule has 202 valence electrons. The zero-order valence-electron chi connectivity index (χ0n) is 20.9. The quantitative estimate of drug-likeness (QED) is 0.267. The second-order valence-corrected chi connectivity index (χ2v) is 12.8. The minimum absolute atomic E-state index is 0.152. The maximum Gasteiger partial charge on any atom is 0.257 e. The smallest absolute Gasteiger partial charge is 0.257 e. The topological polar surface area (TPSA) is 131 Å². The van der Waals surface area contributed by atoms with Crippen LogP contribution in [0.3, 0.4) is 0 Å². The van der Waals surface area contributed by atoms with Crippen molar-refractivity contribution in [3.8, 4) is 5.75 Å². The van der Waals surface area contributed by atoms with E-state index < -0.39 is 15.9 Å². The summed E-state index contributed by atoms with van der Waals surface area (Å²) in [4.78, 5) is 25.1. The van der Waals surface area contributed by atoms with Gasteiger partial charge in [-0.25, -0.2) is 8.42 Å². The number of anilines is 2. The third-order valence-corrected chi connectivity index (χ3v) is 9.77. The van der Waals surface area contributed by atoms with E-state index in [0.717, 1.165) is 25.7 Å². The zero-order chi connectivity index (χ0) is 27.0. The van der Waals surface area contributed by atoms with E-state index in [1.165, 1.54) is 51.7 Å². The highest BCUT2D eigenvalue weighted by Gasteiger charge is 2.25. The Balaban J connectivity index is 1.26. The summed E-state index contributed by atoms with van der Waals surface area (Å²) < 4.78 is 33.3. The fourth-order valence-electron chi connectivity index (χ4n) is 3.89. The molecule has 1 saturated heterocycles. The Morgan fingerprint density at radius 3 is 2.42 bits per heavy atom. The number of methoxy groups -OCH3 is 1. The lowest BCUT2D eigenvalue weighted by molar-refractivity contribution is -0.115. The van der Waals surface area contributed by atoms with Gasteiger partial charge in [0.15, 0.2) is 4.34 Å². The van der Waals surface area contributed by atoms with Crippen LogP contribution in [0.15, 0.2) is 57.8 Å². The normalized spacial score (nSPS) is 14.4. The number of hydrogen-bond donors (Lipinski definition) is 2. The molecular formula is C25H29N5O5S3. The van der Waals surface area contributed by atoms with Gasteiger partial charge in [-0.3, -0.25) is 14.9 Å². The molecule has 38 heavy (non-hydrogen) atoms. The van der Waals surface area contributed by atoms with Crippen molar-refractivity contribution >= 4 is 55.8 Å². The van der Waals surface area contributed by atoms with E-state index in [4.69, 9.17) is 4.74 Å². The van der Waals surface area contributed by atoms with E-state index in [1.807, 2.05) is 12.1 Å². The van der Waals surface area contributed by atoms with Crippen LogP contribution < -0.4 is 15.4 Å². The summed E-state index contributed by atoms with van der Waals surface area (Å²) in [6, 6.07) is 13.1. The Morgan fingerprint density at radius 1 is 1.00 bits per heavy atom. The van der Waals surface area contributed by atoms with Crippen LogP contribution in [0.4, 0.5) is 10.8 Å². The van der Waals surface area contributed by atoms with Crippen molar-refractivity contribution in [2.24, 2.45) is 0 Å². The molecule has 0 bridgehead atoms. The number of para-hydroxylation sites is 2. The van der Waals surface area contributed by atoms with Crippen LogP contribution in [-0.4, -0.2) is 60.7 Å². The molecule has 0 atom stereocenters. The van der Waals surface area contributed by atoms with Crippen molar-refractivity contribution < 1.29 is 22.7 Å². The highest BCUT2D eigenvalue weighted by atomic mass is 32.2. The largest absolute Gasteiger partial charge is 0.495 e. The summed E-state index contributed by atoms with van der Waals surface area (Å²) in [5.74, 6) is 0.511. The van der Waals surface area contributed by atoms with Gasteiger partial charge in [0.25, 0.3) is 5.91 Å². The second-order valence-electron chi connectivity index (χ2n) is 8.52. The molecule has 2 N–H and O–H groups in total. The van der Waals surface area contributed by atoms with Crippen LogP contribution >= 0.6 is 23.1 Å². The molecule has 0 saturated carbocycles. The van der Waals surface area contributed by atoms with Gasteiger partial charge in [0, 0.05) is 30.8 Å². The van der Waals surface area contributed by atoms with Crippen LogP contribution in [-0.2, 0) is 14.8 Å². The molecule has 1 aromatic heterocycles. The second kappa shape index (κ2) is 13.2. The fourth-order valence-corrected chi connectivity index (χ4v) is 7.16. The van der Waals surface area contributed by atoms with Gasteiger partial charge in [0.05, 0.1) is 17.7 Å². The average molecular weight is 576 g/mol. The number of ether oxygens (including phenoxy) is 1. The molecule has 0 radical (unpaired) electrons. The summed E-state index contributed by atoms with van der Waals surface area (Å²) in [6.07, 6.45) is 4.05. The van der Waals surface area contributed by atoms with Crippen LogP contribution in [0.5, 0.6) is 5.75 Å². The highest BCUT2D eigenvalue weighted by molar-refractivity contribution is 8.01. The molecule has 2 heterocycles. The predicted molar refractivity (Wildman–Crippen MR) is 148 cm³/mol. The minimum atomic E-state index is -3.58. The van der Waals surface area contributed by atoms with Crippen molar-refractivity contribution in [2.45, 2.75) is 41.3 Å². The van der Waals surface area contributed by atoms with Crippen molar-refractivity contribution in [1.82, 2.24) is 14.5 Å². The molecule has 3 aromatic rings. The van der Waals surface area contributed by atoms with Gasteiger partial charge in [-0.1, -0.05) is 48.1 Å². The maximum atomic E-state index is 12.9. The highest BCUT2D eigenvalue weighted by Crippen LogP contribution is 2.28. The standard InChI is InChI=1S/C25H29N5O5S3/c1-35-21-9-5-4-8-20(21)26-22(31)14-17-36-25-29-28-24(37-25)27-23(32)18-10-12-19(13-11-18)38(33,34)30-15-6-2-3-7-16-30/h4-5,8-13H,2-3,6-7,14-17H2,1H3,(H,26,31)(H,27,28,32). The maximum absolute atomic E-state index is 12.9. The first-order chi connectivity index (χ1) is 18.4. The number of rotatable bonds is 10. The molecule has 2 amide bonds. The van der Waals surface area contributed by atoms with Crippen LogP contribution in [0.1, 0.15) is 42.5 Å². The Bertz CT molecular complexity index is 1350. The summed E-state index contributed by atoms with van der Waals surface area (Å²) in [7, 11) is -2.03. The Hall–Kier alpha value is -3.00. The SMILES string of the molecule is COc1ccccc1NC(=O)CCSc1nnc(NC(=O)c2ccc(S(=O)(=O)N3CCCCCC3)cc2)s1. The number of sulfonamides is 1. The van der Waals surface area contributed by atoms with E-state index >= 15 is 0 Å². The molecule has 0 aliphatic carbocycles. The molecule has 4 rings (SSSR count). The predicted octanol–water partition coefficient (Wildman–Crippen LogP) is 4.48. The first kappa shape index (κ1) is 28.0. The van der Waals surface area contributed by atoms with Crippen LogP contribution in [0.2, 0.25) is 0 Å². The van der Waals surface area contributed by atoms with E-state index in [2.05, 4.69) is 20.8 Å². The lowest BCUT2D eigenvalue weighted by Crippen LogP contribution is -2.31. The lowest BCUT2D eigenvalue weighted by Gasteiger charge is -2.20. The number of hydrogen-bond acceptors (Lipinski definition) is 9. The molecule has 10 nitrogen and oxygen atoms in total. The number of nitrogens with zero attached hydrogens (tertiary/aromatic N) is 3. The van der Waals surface area contributed by atoms with Gasteiger partial charge in [-0.15, -0.1) is 10.2 Å². The Kier molecular flexibility index (Phi) is 9.72. The minimum Gasteiger partial charge on any atom is -0.495 e. The van der Waals surface area contributed by atoms with E-state index in [1.54, 1.807) is 19.2 Å². The van der Waals surface area contributed by atoms with E-state index in [9.17, 15) is 18.0 Å². The summed E-state index contributed by atoms with van der Waals surface area (Å²) >= 11 is 2.56. The number of aromatic nitrogens is 2. The molecular weight excluding hydrogens is 547 g/mol.